The lowest BCUT2D eigenvalue weighted by atomic mass is 10.1. The quantitative estimate of drug-likeness (QED) is 0.655. The molecule has 1 atom stereocenters. The van der Waals surface area contributed by atoms with Crippen LogP contribution in [-0.4, -0.2) is 46.6 Å². The minimum absolute atomic E-state index is 0.246. The number of carbonyl (C=O) groups is 1. The van der Waals surface area contributed by atoms with Gasteiger partial charge in [-0.1, -0.05) is 45.4 Å². The molecule has 1 saturated heterocycles. The fourth-order valence-corrected chi connectivity index (χ4v) is 3.51. The Balaban J connectivity index is 2.07. The monoisotopic (exact) mass is 273 g/mol. The summed E-state index contributed by atoms with van der Waals surface area (Å²) in [6.07, 6.45) is 9.05. The summed E-state index contributed by atoms with van der Waals surface area (Å²) in [7, 11) is 0. The Morgan fingerprint density at radius 1 is 1.22 bits per heavy atom. The number of nitrogens with zero attached hydrogens (tertiary/aromatic N) is 1. The molecule has 1 aliphatic heterocycles. The fraction of sp³-hybridized carbons (Fsp3) is 0.929. The van der Waals surface area contributed by atoms with E-state index in [9.17, 15) is 4.79 Å². The average Bonchev–Trinajstić information content (AvgIpc) is 2.38. The number of carboxylic acid groups (broad SMARTS) is 1. The van der Waals surface area contributed by atoms with Crippen LogP contribution in [0.4, 0.5) is 0 Å². The molecule has 0 saturated carbocycles. The Labute approximate surface area is 115 Å². The summed E-state index contributed by atoms with van der Waals surface area (Å²) in [4.78, 5) is 13.3. The van der Waals surface area contributed by atoms with Gasteiger partial charge in [-0.05, 0) is 13.0 Å². The molecule has 1 unspecified atom stereocenters. The molecule has 18 heavy (non-hydrogen) atoms. The maximum absolute atomic E-state index is 11.1. The molecule has 1 N–H and O–H groups in total. The van der Waals surface area contributed by atoms with Crippen LogP contribution in [0.15, 0.2) is 0 Å². The van der Waals surface area contributed by atoms with Crippen LogP contribution < -0.4 is 0 Å². The van der Waals surface area contributed by atoms with Crippen molar-refractivity contribution in [2.75, 3.05) is 24.6 Å². The largest absolute Gasteiger partial charge is 0.480 e. The first-order chi connectivity index (χ1) is 8.75. The molecule has 0 radical (unpaired) electrons. The molecule has 0 bridgehead atoms. The van der Waals surface area contributed by atoms with Crippen molar-refractivity contribution in [3.63, 3.8) is 0 Å². The topological polar surface area (TPSA) is 40.5 Å². The van der Waals surface area contributed by atoms with Crippen LogP contribution in [0.2, 0.25) is 0 Å². The zero-order chi connectivity index (χ0) is 13.2. The summed E-state index contributed by atoms with van der Waals surface area (Å²) >= 11 is 1.77. The fourth-order valence-electron chi connectivity index (χ4n) is 2.41. The standard InChI is InChI=1S/C14H27NO2S/c1-2-3-4-5-6-7-8-9-15-10-11-18-12-13(15)14(16)17/h13H,2-12H2,1H3,(H,16,17). The molecular formula is C14H27NO2S. The van der Waals surface area contributed by atoms with Gasteiger partial charge in [0.25, 0.3) is 0 Å². The lowest BCUT2D eigenvalue weighted by Crippen LogP contribution is -2.47. The molecule has 0 aromatic heterocycles. The van der Waals surface area contributed by atoms with Gasteiger partial charge in [-0.3, -0.25) is 9.69 Å². The highest BCUT2D eigenvalue weighted by atomic mass is 32.2. The normalized spacial score (nSPS) is 21.1. The minimum atomic E-state index is -0.648. The van der Waals surface area contributed by atoms with Crippen molar-refractivity contribution in [2.24, 2.45) is 0 Å². The summed E-state index contributed by atoms with van der Waals surface area (Å²) in [5.74, 6) is 1.19. The third kappa shape index (κ3) is 6.10. The number of unbranched alkanes of at least 4 members (excludes halogenated alkanes) is 6. The predicted octanol–water partition coefficient (Wildman–Crippen LogP) is 3.24. The van der Waals surface area contributed by atoms with Crippen LogP contribution in [0.3, 0.4) is 0 Å². The summed E-state index contributed by atoms with van der Waals surface area (Å²) < 4.78 is 0. The van der Waals surface area contributed by atoms with E-state index >= 15 is 0 Å². The molecule has 0 spiro atoms. The van der Waals surface area contributed by atoms with Crippen molar-refractivity contribution in [1.29, 1.82) is 0 Å². The Morgan fingerprint density at radius 2 is 1.89 bits per heavy atom. The van der Waals surface area contributed by atoms with Crippen LogP contribution in [-0.2, 0) is 4.79 Å². The van der Waals surface area contributed by atoms with Gasteiger partial charge in [-0.2, -0.15) is 11.8 Å². The van der Waals surface area contributed by atoms with E-state index in [-0.39, 0.29) is 6.04 Å². The van der Waals surface area contributed by atoms with Gasteiger partial charge >= 0.3 is 5.97 Å². The van der Waals surface area contributed by atoms with Crippen molar-refractivity contribution < 1.29 is 9.90 Å². The van der Waals surface area contributed by atoms with Crippen molar-refractivity contribution in [3.05, 3.63) is 0 Å². The zero-order valence-electron chi connectivity index (χ0n) is 11.6. The lowest BCUT2D eigenvalue weighted by molar-refractivity contribution is -0.142. The second-order valence-electron chi connectivity index (χ2n) is 5.09. The van der Waals surface area contributed by atoms with Crippen LogP contribution in [0.25, 0.3) is 0 Å². The van der Waals surface area contributed by atoms with Crippen molar-refractivity contribution in [3.8, 4) is 0 Å². The first-order valence-electron chi connectivity index (χ1n) is 7.30. The summed E-state index contributed by atoms with van der Waals surface area (Å²) in [6, 6.07) is -0.246. The van der Waals surface area contributed by atoms with E-state index in [1.54, 1.807) is 11.8 Å². The van der Waals surface area contributed by atoms with Gasteiger partial charge in [0, 0.05) is 18.1 Å². The van der Waals surface area contributed by atoms with E-state index in [2.05, 4.69) is 11.8 Å². The van der Waals surface area contributed by atoms with Gasteiger partial charge in [0.1, 0.15) is 6.04 Å². The van der Waals surface area contributed by atoms with Gasteiger partial charge in [0.15, 0.2) is 0 Å². The molecule has 0 aromatic carbocycles. The summed E-state index contributed by atoms with van der Waals surface area (Å²) in [6.45, 7) is 4.14. The number of hydrogen-bond acceptors (Lipinski definition) is 3. The maximum Gasteiger partial charge on any atom is 0.321 e. The van der Waals surface area contributed by atoms with Crippen LogP contribution in [0.5, 0.6) is 0 Å². The molecule has 1 fully saturated rings. The highest BCUT2D eigenvalue weighted by molar-refractivity contribution is 7.99. The molecule has 3 nitrogen and oxygen atoms in total. The van der Waals surface area contributed by atoms with Crippen LogP contribution in [0, 0.1) is 0 Å². The zero-order valence-corrected chi connectivity index (χ0v) is 12.4. The first-order valence-corrected chi connectivity index (χ1v) is 8.45. The van der Waals surface area contributed by atoms with Gasteiger partial charge < -0.3 is 5.11 Å². The van der Waals surface area contributed by atoms with Gasteiger partial charge in [-0.25, -0.2) is 0 Å². The highest BCUT2D eigenvalue weighted by Crippen LogP contribution is 2.17. The Bertz CT molecular complexity index is 236. The highest BCUT2D eigenvalue weighted by Gasteiger charge is 2.27. The predicted molar refractivity (Wildman–Crippen MR) is 78.3 cm³/mol. The first kappa shape index (κ1) is 15.8. The summed E-state index contributed by atoms with van der Waals surface area (Å²) in [5.41, 5.74) is 0. The van der Waals surface area contributed by atoms with E-state index in [1.807, 2.05) is 0 Å². The Kier molecular flexibility index (Phi) is 8.51. The number of rotatable bonds is 9. The third-order valence-electron chi connectivity index (χ3n) is 3.57. The summed E-state index contributed by atoms with van der Waals surface area (Å²) in [5, 5.41) is 9.15. The third-order valence-corrected chi connectivity index (χ3v) is 4.60. The molecule has 4 heteroatoms. The molecule has 1 aliphatic rings. The number of aliphatic carboxylic acids is 1. The molecule has 1 rings (SSSR count). The van der Waals surface area contributed by atoms with E-state index in [1.165, 1.54) is 38.5 Å². The number of thioether (sulfide) groups is 1. The number of hydrogen-bond donors (Lipinski definition) is 1. The smallest absolute Gasteiger partial charge is 0.321 e. The van der Waals surface area contributed by atoms with Crippen LogP contribution in [0.1, 0.15) is 51.9 Å². The van der Waals surface area contributed by atoms with E-state index in [0.29, 0.717) is 0 Å². The molecule has 0 amide bonds. The minimum Gasteiger partial charge on any atom is -0.480 e. The molecule has 0 aromatic rings. The van der Waals surface area contributed by atoms with E-state index in [0.717, 1.165) is 31.0 Å². The SMILES string of the molecule is CCCCCCCCCN1CCSCC1C(=O)O. The lowest BCUT2D eigenvalue weighted by Gasteiger charge is -2.32. The van der Waals surface area contributed by atoms with Crippen molar-refractivity contribution in [1.82, 2.24) is 4.90 Å². The van der Waals surface area contributed by atoms with Crippen LogP contribution >= 0.6 is 11.8 Å². The Hall–Kier alpha value is -0.220. The molecule has 106 valence electrons. The maximum atomic E-state index is 11.1. The van der Waals surface area contributed by atoms with Gasteiger partial charge in [0.2, 0.25) is 0 Å². The molecular weight excluding hydrogens is 246 g/mol. The van der Waals surface area contributed by atoms with Crippen molar-refractivity contribution in [2.45, 2.75) is 57.9 Å². The number of carboxylic acids is 1. The van der Waals surface area contributed by atoms with Crippen molar-refractivity contribution >= 4 is 17.7 Å². The molecule has 0 aliphatic carbocycles. The van der Waals surface area contributed by atoms with Gasteiger partial charge in [-0.15, -0.1) is 0 Å². The van der Waals surface area contributed by atoms with E-state index < -0.39 is 5.97 Å². The second kappa shape index (κ2) is 9.68. The average molecular weight is 273 g/mol. The van der Waals surface area contributed by atoms with Gasteiger partial charge in [0.05, 0.1) is 0 Å². The molecule has 1 heterocycles. The van der Waals surface area contributed by atoms with E-state index in [4.69, 9.17) is 5.11 Å². The second-order valence-corrected chi connectivity index (χ2v) is 6.24. The Morgan fingerprint density at radius 3 is 2.56 bits per heavy atom.